The van der Waals surface area contributed by atoms with Crippen LogP contribution < -0.4 is 9.47 Å². The van der Waals surface area contributed by atoms with Crippen LogP contribution in [-0.4, -0.2) is 79.6 Å². The number of hydrogen-bond acceptors (Lipinski definition) is 7. The number of hydrogen-bond donors (Lipinski definition) is 1. The summed E-state index contributed by atoms with van der Waals surface area (Å²) in [5, 5.41) is 9.86. The summed E-state index contributed by atoms with van der Waals surface area (Å²) in [5.41, 5.74) is 1.60. The first-order chi connectivity index (χ1) is 19.1. The molecule has 0 radical (unpaired) electrons. The molecule has 0 fully saturated rings. The molecule has 0 saturated heterocycles. The zero-order valence-electron chi connectivity index (χ0n) is 22.9. The zero-order valence-corrected chi connectivity index (χ0v) is 23.8. The highest BCUT2D eigenvalue weighted by Crippen LogP contribution is 2.34. The number of amides is 1. The van der Waals surface area contributed by atoms with Crippen molar-refractivity contribution >= 4 is 15.9 Å². The fraction of sp³-hybridized carbons (Fsp3) is 0.333. The number of pyridine rings is 1. The van der Waals surface area contributed by atoms with Gasteiger partial charge in [-0.05, 0) is 55.5 Å². The Labute approximate surface area is 235 Å². The van der Waals surface area contributed by atoms with Gasteiger partial charge in [0.1, 0.15) is 28.2 Å². The minimum atomic E-state index is -4.00. The fourth-order valence-corrected chi connectivity index (χ4v) is 6.23. The normalized spacial score (nSPS) is 19.0. The Balaban J connectivity index is 1.72. The van der Waals surface area contributed by atoms with Gasteiger partial charge in [-0.25, -0.2) is 8.42 Å². The molecule has 9 nitrogen and oxygen atoms in total. The van der Waals surface area contributed by atoms with Gasteiger partial charge < -0.3 is 19.5 Å². The van der Waals surface area contributed by atoms with Gasteiger partial charge in [-0.3, -0.25) is 9.78 Å². The number of aliphatic hydroxyl groups is 1. The molecule has 0 unspecified atom stereocenters. The van der Waals surface area contributed by atoms with Gasteiger partial charge in [0.05, 0.1) is 20.3 Å². The van der Waals surface area contributed by atoms with Crippen molar-refractivity contribution in [2.45, 2.75) is 30.9 Å². The molecule has 0 aliphatic carbocycles. The molecule has 10 heteroatoms. The highest BCUT2D eigenvalue weighted by atomic mass is 32.2. The molecular formula is C30H33N3O6S. The Hall–Kier alpha value is -3.91. The molecule has 1 aromatic heterocycles. The van der Waals surface area contributed by atoms with Gasteiger partial charge in [-0.2, -0.15) is 4.31 Å². The van der Waals surface area contributed by atoms with E-state index in [1.54, 1.807) is 57.6 Å². The Morgan fingerprint density at radius 3 is 2.60 bits per heavy atom. The Morgan fingerprint density at radius 1 is 1.18 bits per heavy atom. The van der Waals surface area contributed by atoms with Crippen LogP contribution in [0.5, 0.6) is 11.5 Å². The predicted octanol–water partition coefficient (Wildman–Crippen LogP) is 3.03. The number of carbonyl (C=O) groups excluding carboxylic acids is 1. The van der Waals surface area contributed by atoms with Crippen molar-refractivity contribution in [3.63, 3.8) is 0 Å². The summed E-state index contributed by atoms with van der Waals surface area (Å²) in [6.45, 7) is 3.49. The van der Waals surface area contributed by atoms with E-state index in [2.05, 4.69) is 16.8 Å². The Kier molecular flexibility index (Phi) is 9.10. The molecule has 210 valence electrons. The Bertz CT molecular complexity index is 1520. The number of aliphatic hydroxyl groups excluding tert-OH is 1. The lowest BCUT2D eigenvalue weighted by Gasteiger charge is -2.37. The lowest BCUT2D eigenvalue weighted by Crippen LogP contribution is -2.50. The van der Waals surface area contributed by atoms with Gasteiger partial charge in [0.2, 0.25) is 10.0 Å². The van der Waals surface area contributed by atoms with E-state index in [0.717, 1.165) is 5.56 Å². The number of ether oxygens (including phenoxy) is 2. The number of benzene rings is 2. The predicted molar refractivity (Wildman–Crippen MR) is 151 cm³/mol. The van der Waals surface area contributed by atoms with E-state index in [4.69, 9.17) is 9.47 Å². The van der Waals surface area contributed by atoms with Crippen LogP contribution in [0.4, 0.5) is 0 Å². The molecule has 1 aliphatic heterocycles. The third-order valence-corrected chi connectivity index (χ3v) is 8.79. The number of rotatable bonds is 6. The van der Waals surface area contributed by atoms with Crippen LogP contribution >= 0.6 is 0 Å². The van der Waals surface area contributed by atoms with E-state index in [1.165, 1.54) is 15.3 Å². The zero-order chi connectivity index (χ0) is 28.9. The summed E-state index contributed by atoms with van der Waals surface area (Å²) < 4.78 is 40.4. The van der Waals surface area contributed by atoms with Crippen molar-refractivity contribution in [1.29, 1.82) is 0 Å². The number of sulfonamides is 1. The van der Waals surface area contributed by atoms with Crippen molar-refractivity contribution in [1.82, 2.24) is 14.2 Å². The third-order valence-electron chi connectivity index (χ3n) is 6.77. The minimum absolute atomic E-state index is 0.0182. The maximum atomic E-state index is 13.7. The molecule has 3 aromatic rings. The molecule has 40 heavy (non-hydrogen) atoms. The Morgan fingerprint density at radius 2 is 1.93 bits per heavy atom. The summed E-state index contributed by atoms with van der Waals surface area (Å²) >= 11 is 0. The quantitative estimate of drug-likeness (QED) is 0.459. The summed E-state index contributed by atoms with van der Waals surface area (Å²) in [5.74, 6) is 6.38. The molecule has 3 atom stereocenters. The van der Waals surface area contributed by atoms with Crippen molar-refractivity contribution in [2.75, 3.05) is 33.9 Å². The average molecular weight is 564 g/mol. The van der Waals surface area contributed by atoms with Crippen LogP contribution in [-0.2, 0) is 10.0 Å². The van der Waals surface area contributed by atoms with Crippen molar-refractivity contribution in [3.05, 3.63) is 83.7 Å². The monoisotopic (exact) mass is 563 g/mol. The van der Waals surface area contributed by atoms with Crippen molar-refractivity contribution in [3.8, 4) is 23.3 Å². The first kappa shape index (κ1) is 29.1. The van der Waals surface area contributed by atoms with Crippen LogP contribution in [0.2, 0.25) is 0 Å². The number of likely N-dealkylation sites (N-methyl/N-ethyl adjacent to an activating group) is 1. The lowest BCUT2D eigenvalue weighted by atomic mass is 10.0. The van der Waals surface area contributed by atoms with Crippen molar-refractivity contribution in [2.24, 2.45) is 5.92 Å². The molecular weight excluding hydrogens is 530 g/mol. The summed E-state index contributed by atoms with van der Waals surface area (Å²) in [7, 11) is -0.755. The van der Waals surface area contributed by atoms with Crippen LogP contribution in [0.25, 0.3) is 0 Å². The van der Waals surface area contributed by atoms with Crippen LogP contribution in [0.1, 0.15) is 35.5 Å². The first-order valence-electron chi connectivity index (χ1n) is 12.9. The number of nitrogens with zero attached hydrogens (tertiary/aromatic N) is 3. The lowest BCUT2D eigenvalue weighted by molar-refractivity contribution is 0.0559. The molecule has 1 N–H and O–H groups in total. The summed E-state index contributed by atoms with van der Waals surface area (Å²) in [4.78, 5) is 18.7. The second-order valence-electron chi connectivity index (χ2n) is 9.78. The van der Waals surface area contributed by atoms with E-state index in [1.807, 2.05) is 31.2 Å². The number of aromatic nitrogens is 1. The highest BCUT2D eigenvalue weighted by molar-refractivity contribution is 7.89. The van der Waals surface area contributed by atoms with E-state index in [0.29, 0.717) is 17.0 Å². The van der Waals surface area contributed by atoms with Crippen LogP contribution in [0.15, 0.2) is 71.8 Å². The number of carbonyl (C=O) groups is 1. The largest absolute Gasteiger partial charge is 0.497 e. The minimum Gasteiger partial charge on any atom is -0.497 e. The smallest absolute Gasteiger partial charge is 0.272 e. The van der Waals surface area contributed by atoms with Gasteiger partial charge in [0, 0.05) is 42.9 Å². The van der Waals surface area contributed by atoms with Gasteiger partial charge in [-0.15, -0.1) is 0 Å². The molecule has 0 saturated carbocycles. The summed E-state index contributed by atoms with van der Waals surface area (Å²) in [6, 6.07) is 16.5. The van der Waals surface area contributed by atoms with Gasteiger partial charge in [-0.1, -0.05) is 30.9 Å². The fourth-order valence-electron chi connectivity index (χ4n) is 4.40. The number of methoxy groups -OCH3 is 1. The standard InChI is InChI=1S/C30H33N3O6S/c1-21-18-33(22(2)20-34)40(36,37)29-14-13-24(12-11-23-8-7-9-25(16-23)38-4)17-27(29)39-28(21)19-32(3)30(35)26-10-5-6-15-31-26/h5-10,13-17,21-22,28,34H,18-20H2,1-4H3/t21-,22-,28+/m1/s1. The second kappa shape index (κ2) is 12.5. The average Bonchev–Trinajstić information content (AvgIpc) is 2.97. The molecule has 1 aliphatic rings. The van der Waals surface area contributed by atoms with Gasteiger partial charge in [0.25, 0.3) is 5.91 Å². The number of fused-ring (bicyclic) bond motifs is 1. The first-order valence-corrected chi connectivity index (χ1v) is 14.3. The van der Waals surface area contributed by atoms with E-state index >= 15 is 0 Å². The molecule has 0 spiro atoms. The van der Waals surface area contributed by atoms with Crippen LogP contribution in [0, 0.1) is 17.8 Å². The van der Waals surface area contributed by atoms with Gasteiger partial charge in [0.15, 0.2) is 0 Å². The molecule has 0 bridgehead atoms. The topological polar surface area (TPSA) is 109 Å². The summed E-state index contributed by atoms with van der Waals surface area (Å²) in [6.07, 6.45) is 1.00. The second-order valence-corrected chi connectivity index (χ2v) is 11.6. The third kappa shape index (κ3) is 6.45. The van der Waals surface area contributed by atoms with Gasteiger partial charge >= 0.3 is 0 Å². The maximum absolute atomic E-state index is 13.7. The van der Waals surface area contributed by atoms with Crippen molar-refractivity contribution < 1.29 is 27.8 Å². The maximum Gasteiger partial charge on any atom is 0.272 e. The molecule has 2 aromatic carbocycles. The SMILES string of the molecule is COc1cccc(C#Cc2ccc3c(c2)O[C@@H](CN(C)C(=O)c2ccccn2)[C@H](C)CN([C@H](C)CO)S3(=O)=O)c1. The molecule has 2 heterocycles. The van der Waals surface area contributed by atoms with E-state index < -0.39 is 22.2 Å². The molecule has 4 rings (SSSR count). The molecule has 1 amide bonds. The van der Waals surface area contributed by atoms with Crippen LogP contribution in [0.3, 0.4) is 0 Å². The van der Waals surface area contributed by atoms with E-state index in [-0.39, 0.29) is 42.2 Å². The highest BCUT2D eigenvalue weighted by Gasteiger charge is 2.38. The van der Waals surface area contributed by atoms with E-state index in [9.17, 15) is 18.3 Å².